The molecule has 1 N–H and O–H groups in total. The van der Waals surface area contributed by atoms with Gasteiger partial charge < -0.3 is 19.4 Å². The standard InChI is InChI=1S/C18H26BF3N2O4S/c1-15(2,3)26-14(25)23-9-11(19-27-16(4,5)17(6,7)28-19)8-13-24-12(10-29-13)18(20,21)22/h8,10H,9H2,1-7H3,(H,23,25). The fourth-order valence-electron chi connectivity index (χ4n) is 2.33. The molecule has 0 unspecified atom stereocenters. The average molecular weight is 434 g/mol. The van der Waals surface area contributed by atoms with E-state index in [2.05, 4.69) is 10.3 Å². The Labute approximate surface area is 173 Å². The minimum Gasteiger partial charge on any atom is -0.444 e. The summed E-state index contributed by atoms with van der Waals surface area (Å²) in [6.07, 6.45) is -3.74. The maximum Gasteiger partial charge on any atom is 0.492 e. The number of carbonyl (C=O) groups excluding carboxylic acids is 1. The first-order valence-corrected chi connectivity index (χ1v) is 9.94. The molecule has 2 heterocycles. The number of aromatic nitrogens is 1. The molecule has 29 heavy (non-hydrogen) atoms. The quantitative estimate of drug-likeness (QED) is 0.696. The number of thiazole rings is 1. The lowest BCUT2D eigenvalue weighted by molar-refractivity contribution is -0.140. The van der Waals surface area contributed by atoms with Gasteiger partial charge in [0.05, 0.1) is 11.2 Å². The van der Waals surface area contributed by atoms with Crippen molar-refractivity contribution in [2.45, 2.75) is 71.4 Å². The van der Waals surface area contributed by atoms with Crippen LogP contribution < -0.4 is 5.32 Å². The maximum atomic E-state index is 12.9. The molecule has 162 valence electrons. The smallest absolute Gasteiger partial charge is 0.444 e. The zero-order valence-corrected chi connectivity index (χ0v) is 18.4. The molecule has 1 aliphatic heterocycles. The number of nitrogens with one attached hydrogen (secondary N) is 1. The van der Waals surface area contributed by atoms with Crippen molar-refractivity contribution in [3.63, 3.8) is 0 Å². The molecule has 1 aromatic rings. The number of alkyl halides is 3. The summed E-state index contributed by atoms with van der Waals surface area (Å²) >= 11 is 0.845. The van der Waals surface area contributed by atoms with Gasteiger partial charge in [-0.15, -0.1) is 11.3 Å². The zero-order valence-electron chi connectivity index (χ0n) is 17.6. The van der Waals surface area contributed by atoms with Crippen LogP contribution in [0.4, 0.5) is 18.0 Å². The highest BCUT2D eigenvalue weighted by atomic mass is 32.1. The van der Waals surface area contributed by atoms with Crippen LogP contribution >= 0.6 is 11.3 Å². The molecule has 1 amide bonds. The number of halogens is 3. The summed E-state index contributed by atoms with van der Waals surface area (Å²) in [5, 5.41) is 3.67. The summed E-state index contributed by atoms with van der Waals surface area (Å²) in [5.74, 6) is 0. The van der Waals surface area contributed by atoms with E-state index in [0.29, 0.717) is 5.47 Å². The van der Waals surface area contributed by atoms with Crippen molar-refractivity contribution in [2.24, 2.45) is 0 Å². The van der Waals surface area contributed by atoms with Crippen LogP contribution in [0, 0.1) is 0 Å². The molecule has 0 aromatic carbocycles. The highest BCUT2D eigenvalue weighted by molar-refractivity contribution is 7.10. The molecule has 0 aliphatic carbocycles. The molecule has 0 radical (unpaired) electrons. The molecule has 1 aromatic heterocycles. The van der Waals surface area contributed by atoms with Gasteiger partial charge in [0.2, 0.25) is 0 Å². The fourth-order valence-corrected chi connectivity index (χ4v) is 3.12. The van der Waals surface area contributed by atoms with Crippen molar-refractivity contribution in [2.75, 3.05) is 6.54 Å². The topological polar surface area (TPSA) is 69.7 Å². The number of amides is 1. The molecule has 2 rings (SSSR count). The third-order valence-corrected chi connectivity index (χ3v) is 5.30. The first-order valence-electron chi connectivity index (χ1n) is 9.06. The van der Waals surface area contributed by atoms with Crippen molar-refractivity contribution >= 4 is 30.6 Å². The second kappa shape index (κ2) is 7.92. The van der Waals surface area contributed by atoms with Crippen molar-refractivity contribution in [3.8, 4) is 0 Å². The van der Waals surface area contributed by atoms with Gasteiger partial charge in [-0.1, -0.05) is 0 Å². The monoisotopic (exact) mass is 434 g/mol. The Bertz CT molecular complexity index is 769. The van der Waals surface area contributed by atoms with E-state index in [0.717, 1.165) is 16.7 Å². The number of hydrogen-bond acceptors (Lipinski definition) is 6. The Balaban J connectivity index is 2.26. The normalized spacial score (nSPS) is 19.4. The van der Waals surface area contributed by atoms with E-state index in [4.69, 9.17) is 14.0 Å². The SMILES string of the molecule is CC(C)(C)OC(=O)NCC(=Cc1nc(C(F)(F)F)cs1)B1OC(C)(C)C(C)(C)O1. The number of rotatable bonds is 4. The highest BCUT2D eigenvalue weighted by Gasteiger charge is 2.52. The first kappa shape index (κ1) is 23.7. The van der Waals surface area contributed by atoms with Gasteiger partial charge in [-0.3, -0.25) is 0 Å². The summed E-state index contributed by atoms with van der Waals surface area (Å²) in [5.41, 5.74) is -2.53. The van der Waals surface area contributed by atoms with E-state index in [1.54, 1.807) is 20.8 Å². The average Bonchev–Trinajstić information content (AvgIpc) is 3.04. The van der Waals surface area contributed by atoms with Crippen LogP contribution in [0.1, 0.15) is 59.2 Å². The number of nitrogens with zero attached hydrogens (tertiary/aromatic N) is 1. The molecule has 0 spiro atoms. The Hall–Kier alpha value is -1.59. The predicted molar refractivity (Wildman–Crippen MR) is 105 cm³/mol. The lowest BCUT2D eigenvalue weighted by atomic mass is 9.77. The molecule has 6 nitrogen and oxygen atoms in total. The molecular formula is C18H26BF3N2O4S. The van der Waals surface area contributed by atoms with Crippen LogP contribution in [0.15, 0.2) is 10.9 Å². The number of ether oxygens (including phenoxy) is 1. The van der Waals surface area contributed by atoms with Crippen molar-refractivity contribution < 1.29 is 32.0 Å². The van der Waals surface area contributed by atoms with Gasteiger partial charge in [-0.2, -0.15) is 13.2 Å². The van der Waals surface area contributed by atoms with Gasteiger partial charge in [0.15, 0.2) is 5.69 Å². The molecule has 0 bridgehead atoms. The van der Waals surface area contributed by atoms with Crippen LogP contribution in [0.2, 0.25) is 0 Å². The van der Waals surface area contributed by atoms with Crippen molar-refractivity contribution in [3.05, 3.63) is 21.6 Å². The van der Waals surface area contributed by atoms with Crippen LogP contribution in [-0.4, -0.2) is 41.5 Å². The summed E-state index contributed by atoms with van der Waals surface area (Å²) < 4.78 is 55.7. The Morgan fingerprint density at radius 3 is 2.24 bits per heavy atom. The third-order valence-electron chi connectivity index (χ3n) is 4.51. The number of carbonyl (C=O) groups is 1. The summed E-state index contributed by atoms with van der Waals surface area (Å²) in [4.78, 5) is 15.6. The predicted octanol–water partition coefficient (Wildman–Crippen LogP) is 4.70. The third kappa shape index (κ3) is 6.20. The maximum absolute atomic E-state index is 12.9. The van der Waals surface area contributed by atoms with Gasteiger partial charge in [-0.25, -0.2) is 9.78 Å². The molecule has 0 saturated carbocycles. The second-order valence-corrected chi connectivity index (χ2v) is 9.62. The highest BCUT2D eigenvalue weighted by Crippen LogP contribution is 2.39. The minimum atomic E-state index is -4.53. The van der Waals surface area contributed by atoms with Crippen LogP contribution in [0.3, 0.4) is 0 Å². The molecule has 1 aliphatic rings. The molecule has 1 saturated heterocycles. The van der Waals surface area contributed by atoms with Gasteiger partial charge in [-0.05, 0) is 60.0 Å². The van der Waals surface area contributed by atoms with E-state index in [-0.39, 0.29) is 11.6 Å². The molecule has 11 heteroatoms. The van der Waals surface area contributed by atoms with Gasteiger partial charge in [0.1, 0.15) is 10.6 Å². The largest absolute Gasteiger partial charge is 0.492 e. The fraction of sp³-hybridized carbons (Fsp3) is 0.667. The van der Waals surface area contributed by atoms with Crippen LogP contribution in [0.5, 0.6) is 0 Å². The van der Waals surface area contributed by atoms with Crippen molar-refractivity contribution in [1.82, 2.24) is 10.3 Å². The summed E-state index contributed by atoms with van der Waals surface area (Å²) in [7, 11) is -0.854. The van der Waals surface area contributed by atoms with Crippen LogP contribution in [0.25, 0.3) is 6.08 Å². The number of alkyl carbamates (subject to hydrolysis) is 1. The molecule has 0 atom stereocenters. The van der Waals surface area contributed by atoms with E-state index in [1.165, 1.54) is 6.08 Å². The minimum absolute atomic E-state index is 0.0350. The first-order chi connectivity index (χ1) is 13.0. The summed E-state index contributed by atoms with van der Waals surface area (Å²) in [6.45, 7) is 12.6. The van der Waals surface area contributed by atoms with E-state index in [1.807, 2.05) is 27.7 Å². The Kier molecular flexibility index (Phi) is 6.47. The van der Waals surface area contributed by atoms with E-state index < -0.39 is 41.9 Å². The van der Waals surface area contributed by atoms with Crippen molar-refractivity contribution in [1.29, 1.82) is 0 Å². The Morgan fingerprint density at radius 2 is 1.79 bits per heavy atom. The van der Waals surface area contributed by atoms with Crippen LogP contribution in [-0.2, 0) is 20.2 Å². The van der Waals surface area contributed by atoms with Gasteiger partial charge >= 0.3 is 19.4 Å². The van der Waals surface area contributed by atoms with E-state index in [9.17, 15) is 18.0 Å². The number of hydrogen-bond donors (Lipinski definition) is 1. The van der Waals surface area contributed by atoms with E-state index >= 15 is 0 Å². The lowest BCUT2D eigenvalue weighted by Gasteiger charge is -2.32. The molecular weight excluding hydrogens is 408 g/mol. The van der Waals surface area contributed by atoms with Gasteiger partial charge in [0.25, 0.3) is 0 Å². The molecule has 1 fully saturated rings. The lowest BCUT2D eigenvalue weighted by Crippen LogP contribution is -2.41. The Morgan fingerprint density at radius 1 is 1.24 bits per heavy atom. The zero-order chi connectivity index (χ0) is 22.3. The van der Waals surface area contributed by atoms with Gasteiger partial charge in [0, 0.05) is 11.9 Å². The second-order valence-electron chi connectivity index (χ2n) is 8.73. The summed E-state index contributed by atoms with van der Waals surface area (Å²) in [6, 6.07) is 0.